The van der Waals surface area contributed by atoms with Gasteiger partial charge in [-0.25, -0.2) is 9.36 Å². The highest BCUT2D eigenvalue weighted by molar-refractivity contribution is 6.31. The molecule has 29 heavy (non-hydrogen) atoms. The Hall–Kier alpha value is -3.43. The van der Waals surface area contributed by atoms with E-state index in [2.05, 4.69) is 11.1 Å². The molecule has 0 aliphatic carbocycles. The van der Waals surface area contributed by atoms with Crippen LogP contribution in [0.3, 0.4) is 0 Å². The van der Waals surface area contributed by atoms with Gasteiger partial charge < -0.3 is 0 Å². The number of fused-ring (bicyclic) bond motifs is 3. The summed E-state index contributed by atoms with van der Waals surface area (Å²) in [6, 6.07) is 14.7. The highest BCUT2D eigenvalue weighted by Gasteiger charge is 2.22. The maximum absolute atomic E-state index is 13.2. The van der Waals surface area contributed by atoms with Crippen LogP contribution in [-0.4, -0.2) is 20.0 Å². The summed E-state index contributed by atoms with van der Waals surface area (Å²) in [4.78, 5) is 29.8. The van der Waals surface area contributed by atoms with E-state index in [9.17, 15) is 14.9 Å². The molecule has 0 bridgehead atoms. The highest BCUT2D eigenvalue weighted by Crippen LogP contribution is 2.29. The Bertz CT molecular complexity index is 1390. The van der Waals surface area contributed by atoms with Gasteiger partial charge in [0.05, 0.1) is 39.9 Å². The molecule has 2 heterocycles. The third kappa shape index (κ3) is 2.91. The van der Waals surface area contributed by atoms with Crippen molar-refractivity contribution in [2.75, 3.05) is 0 Å². The Morgan fingerprint density at radius 3 is 2.48 bits per heavy atom. The van der Waals surface area contributed by atoms with Crippen LogP contribution in [0, 0.1) is 11.3 Å². The average molecular weight is 405 g/mol. The fourth-order valence-corrected chi connectivity index (χ4v) is 3.65. The standard InChI is InChI=1S/C22H17ClN4O2/c1-13(28)26-19-11-25-18-9-6-15(23)10-17(18)20(19)27(21(26)29)16-7-4-14(5-8-16)22(2,3)12-24/h4-11H,1-3H3. The van der Waals surface area contributed by atoms with E-state index in [1.807, 2.05) is 26.0 Å². The summed E-state index contributed by atoms with van der Waals surface area (Å²) in [7, 11) is 0. The number of benzene rings is 2. The van der Waals surface area contributed by atoms with Crippen molar-refractivity contribution in [3.05, 3.63) is 69.7 Å². The summed E-state index contributed by atoms with van der Waals surface area (Å²) in [6.45, 7) is 5.00. The number of aromatic nitrogens is 3. The van der Waals surface area contributed by atoms with Crippen molar-refractivity contribution in [1.29, 1.82) is 5.26 Å². The maximum atomic E-state index is 13.2. The van der Waals surface area contributed by atoms with Crippen LogP contribution in [0.1, 0.15) is 31.1 Å². The van der Waals surface area contributed by atoms with Crippen LogP contribution in [-0.2, 0) is 5.41 Å². The summed E-state index contributed by atoms with van der Waals surface area (Å²) in [5.74, 6) is -0.399. The number of nitrogens with zero attached hydrogens (tertiary/aromatic N) is 4. The van der Waals surface area contributed by atoms with Gasteiger partial charge >= 0.3 is 5.69 Å². The SMILES string of the molecule is CC(=O)n1c(=O)n(-c2ccc(C(C)(C)C#N)cc2)c2c3cc(Cl)ccc3ncc21. The molecule has 0 amide bonds. The molecule has 0 saturated heterocycles. The van der Waals surface area contributed by atoms with E-state index < -0.39 is 17.0 Å². The van der Waals surface area contributed by atoms with Crippen LogP contribution >= 0.6 is 11.6 Å². The lowest BCUT2D eigenvalue weighted by Crippen LogP contribution is -2.26. The highest BCUT2D eigenvalue weighted by atomic mass is 35.5. The summed E-state index contributed by atoms with van der Waals surface area (Å²) >= 11 is 6.19. The Morgan fingerprint density at radius 2 is 1.86 bits per heavy atom. The average Bonchev–Trinajstić information content (AvgIpc) is 3.00. The zero-order valence-corrected chi connectivity index (χ0v) is 16.9. The van der Waals surface area contributed by atoms with Gasteiger partial charge in [0, 0.05) is 17.3 Å². The minimum absolute atomic E-state index is 0.399. The normalized spacial score (nSPS) is 11.7. The Morgan fingerprint density at radius 1 is 1.17 bits per heavy atom. The molecule has 0 saturated carbocycles. The number of halogens is 1. The first kappa shape index (κ1) is 18.9. The fourth-order valence-electron chi connectivity index (χ4n) is 3.47. The van der Waals surface area contributed by atoms with E-state index in [0.717, 1.165) is 10.1 Å². The predicted molar refractivity (Wildman–Crippen MR) is 113 cm³/mol. The molecular weight excluding hydrogens is 388 g/mol. The molecule has 6 nitrogen and oxygen atoms in total. The molecule has 2 aromatic heterocycles. The number of carbonyl (C=O) groups is 1. The third-order valence-electron chi connectivity index (χ3n) is 5.07. The molecule has 4 aromatic rings. The molecule has 0 aliphatic heterocycles. The monoisotopic (exact) mass is 404 g/mol. The molecule has 4 rings (SSSR count). The van der Waals surface area contributed by atoms with Gasteiger partial charge in [0.15, 0.2) is 0 Å². The van der Waals surface area contributed by atoms with Gasteiger partial charge in [-0.15, -0.1) is 0 Å². The van der Waals surface area contributed by atoms with E-state index in [4.69, 9.17) is 11.6 Å². The van der Waals surface area contributed by atoms with E-state index in [1.165, 1.54) is 17.7 Å². The molecule has 0 unspecified atom stereocenters. The molecule has 144 valence electrons. The molecule has 2 aromatic carbocycles. The van der Waals surface area contributed by atoms with E-state index >= 15 is 0 Å². The molecular formula is C22H17ClN4O2. The predicted octanol–water partition coefficient (Wildman–Crippen LogP) is 4.46. The molecule has 0 fully saturated rings. The van der Waals surface area contributed by atoms with Gasteiger partial charge in [0.2, 0.25) is 5.91 Å². The van der Waals surface area contributed by atoms with Crippen molar-refractivity contribution in [3.63, 3.8) is 0 Å². The molecule has 0 N–H and O–H groups in total. The first-order valence-corrected chi connectivity index (χ1v) is 9.37. The minimum Gasteiger partial charge on any atom is -0.274 e. The van der Waals surface area contributed by atoms with E-state index in [0.29, 0.717) is 32.6 Å². The van der Waals surface area contributed by atoms with Crippen molar-refractivity contribution >= 4 is 39.4 Å². The van der Waals surface area contributed by atoms with Crippen molar-refractivity contribution in [2.24, 2.45) is 0 Å². The van der Waals surface area contributed by atoms with Crippen molar-refractivity contribution in [3.8, 4) is 11.8 Å². The smallest absolute Gasteiger partial charge is 0.274 e. The minimum atomic E-state index is -0.652. The number of pyridine rings is 1. The van der Waals surface area contributed by atoms with Crippen LogP contribution in [0.5, 0.6) is 0 Å². The van der Waals surface area contributed by atoms with Gasteiger partial charge in [-0.3, -0.25) is 14.3 Å². The second-order valence-corrected chi connectivity index (χ2v) is 7.85. The van der Waals surface area contributed by atoms with Gasteiger partial charge in [0.25, 0.3) is 0 Å². The van der Waals surface area contributed by atoms with Crippen LogP contribution < -0.4 is 5.69 Å². The Balaban J connectivity index is 2.10. The van der Waals surface area contributed by atoms with Crippen molar-refractivity contribution in [1.82, 2.24) is 14.1 Å². The van der Waals surface area contributed by atoms with Crippen LogP contribution in [0.4, 0.5) is 0 Å². The van der Waals surface area contributed by atoms with Crippen LogP contribution in [0.25, 0.3) is 27.6 Å². The zero-order valence-electron chi connectivity index (χ0n) is 16.1. The topological polar surface area (TPSA) is 80.7 Å². The zero-order chi connectivity index (χ0) is 20.9. The quantitative estimate of drug-likeness (QED) is 0.494. The number of carbonyl (C=O) groups excluding carboxylic acids is 1. The van der Waals surface area contributed by atoms with Gasteiger partial charge in [0.1, 0.15) is 0 Å². The lowest BCUT2D eigenvalue weighted by molar-refractivity contribution is 0.0937. The lowest BCUT2D eigenvalue weighted by atomic mass is 9.86. The summed E-state index contributed by atoms with van der Waals surface area (Å²) in [6.07, 6.45) is 1.53. The number of hydrogen-bond donors (Lipinski definition) is 0. The maximum Gasteiger partial charge on any atom is 0.340 e. The third-order valence-corrected chi connectivity index (χ3v) is 5.31. The number of nitriles is 1. The second kappa shape index (κ2) is 6.57. The molecule has 0 spiro atoms. The van der Waals surface area contributed by atoms with E-state index in [-0.39, 0.29) is 0 Å². The second-order valence-electron chi connectivity index (χ2n) is 7.41. The number of hydrogen-bond acceptors (Lipinski definition) is 4. The van der Waals surface area contributed by atoms with Crippen LogP contribution in [0.2, 0.25) is 5.02 Å². The largest absolute Gasteiger partial charge is 0.340 e. The Labute approximate surface area is 171 Å². The van der Waals surface area contributed by atoms with Crippen LogP contribution in [0.15, 0.2) is 53.5 Å². The first-order valence-electron chi connectivity index (χ1n) is 8.99. The van der Waals surface area contributed by atoms with Gasteiger partial charge in [-0.2, -0.15) is 5.26 Å². The van der Waals surface area contributed by atoms with Crippen molar-refractivity contribution < 1.29 is 4.79 Å². The molecule has 0 aliphatic rings. The Kier molecular flexibility index (Phi) is 4.29. The summed E-state index contributed by atoms with van der Waals surface area (Å²) < 4.78 is 2.59. The fraction of sp³-hybridized carbons (Fsp3) is 0.182. The van der Waals surface area contributed by atoms with E-state index in [1.54, 1.807) is 30.3 Å². The van der Waals surface area contributed by atoms with Gasteiger partial charge in [-0.1, -0.05) is 23.7 Å². The lowest BCUT2D eigenvalue weighted by Gasteiger charge is -2.16. The number of rotatable bonds is 2. The molecule has 0 radical (unpaired) electrons. The first-order chi connectivity index (χ1) is 13.7. The summed E-state index contributed by atoms with van der Waals surface area (Å²) in [5.41, 5.74) is 1.93. The molecule has 7 heteroatoms. The summed E-state index contributed by atoms with van der Waals surface area (Å²) in [5, 5.41) is 10.5. The number of imidazole rings is 1. The van der Waals surface area contributed by atoms with Gasteiger partial charge in [-0.05, 0) is 49.7 Å². The van der Waals surface area contributed by atoms with Crippen molar-refractivity contribution in [2.45, 2.75) is 26.2 Å². The molecule has 0 atom stereocenters.